The number of aryl methyl sites for hydroxylation is 2. The zero-order valence-corrected chi connectivity index (χ0v) is 11.2. The summed E-state index contributed by atoms with van der Waals surface area (Å²) in [6, 6.07) is -0.0314. The van der Waals surface area contributed by atoms with Crippen molar-refractivity contribution in [2.45, 2.75) is 24.9 Å². The van der Waals surface area contributed by atoms with Crippen LogP contribution in [0.3, 0.4) is 0 Å². The topological polar surface area (TPSA) is 67.2 Å². The molecule has 6 nitrogen and oxygen atoms in total. The molecule has 7 heteroatoms. The summed E-state index contributed by atoms with van der Waals surface area (Å²) in [6.45, 7) is 5.57. The van der Waals surface area contributed by atoms with Gasteiger partial charge in [-0.15, -0.1) is 0 Å². The van der Waals surface area contributed by atoms with Crippen LogP contribution in [-0.2, 0) is 17.1 Å². The summed E-state index contributed by atoms with van der Waals surface area (Å²) in [6.07, 6.45) is 1.57. The minimum absolute atomic E-state index is 0.0314. The SMILES string of the molecule is Cc1nc(S(=O)(=O)N2CCNC[C@@H]2C)cn1C. The van der Waals surface area contributed by atoms with Crippen LogP contribution >= 0.6 is 0 Å². The van der Waals surface area contributed by atoms with Gasteiger partial charge >= 0.3 is 0 Å². The molecular formula is C10H18N4O2S. The van der Waals surface area contributed by atoms with Gasteiger partial charge in [-0.25, -0.2) is 13.4 Å². The first-order valence-corrected chi connectivity index (χ1v) is 7.09. The lowest BCUT2D eigenvalue weighted by atomic mass is 10.3. The third-order valence-corrected chi connectivity index (χ3v) is 4.99. The molecule has 1 atom stereocenters. The maximum Gasteiger partial charge on any atom is 0.262 e. The van der Waals surface area contributed by atoms with Crippen molar-refractivity contribution in [2.24, 2.45) is 7.05 Å². The van der Waals surface area contributed by atoms with Gasteiger partial charge in [0.05, 0.1) is 0 Å². The highest BCUT2D eigenvalue weighted by molar-refractivity contribution is 7.89. The summed E-state index contributed by atoms with van der Waals surface area (Å²) in [5.74, 6) is 0.700. The molecule has 1 aliphatic rings. The highest BCUT2D eigenvalue weighted by Gasteiger charge is 2.32. The van der Waals surface area contributed by atoms with Gasteiger partial charge in [0.15, 0.2) is 5.03 Å². The minimum atomic E-state index is -3.45. The Morgan fingerprint density at radius 2 is 2.24 bits per heavy atom. The Morgan fingerprint density at radius 1 is 1.53 bits per heavy atom. The van der Waals surface area contributed by atoms with Crippen LogP contribution in [0.2, 0.25) is 0 Å². The zero-order valence-electron chi connectivity index (χ0n) is 10.3. The Labute approximate surface area is 102 Å². The number of hydrogen-bond donors (Lipinski definition) is 1. The molecule has 1 aliphatic heterocycles. The third kappa shape index (κ3) is 2.22. The normalized spacial score (nSPS) is 22.9. The van der Waals surface area contributed by atoms with Crippen molar-refractivity contribution in [1.29, 1.82) is 0 Å². The maximum atomic E-state index is 12.4. The maximum absolute atomic E-state index is 12.4. The Kier molecular flexibility index (Phi) is 3.24. The second kappa shape index (κ2) is 4.40. The molecule has 1 fully saturated rings. The van der Waals surface area contributed by atoms with Gasteiger partial charge in [-0.1, -0.05) is 0 Å². The standard InChI is InChI=1S/C10H18N4O2S/c1-8-6-11-4-5-14(8)17(15,16)10-7-13(3)9(2)12-10/h7-8,11H,4-6H2,1-3H3/t8-/m0/s1. The van der Waals surface area contributed by atoms with Gasteiger partial charge in [0.25, 0.3) is 10.0 Å². The molecular weight excluding hydrogens is 240 g/mol. The lowest BCUT2D eigenvalue weighted by Gasteiger charge is -2.32. The van der Waals surface area contributed by atoms with E-state index in [-0.39, 0.29) is 11.1 Å². The molecule has 96 valence electrons. The van der Waals surface area contributed by atoms with Gasteiger partial charge in [-0.05, 0) is 13.8 Å². The largest absolute Gasteiger partial charge is 0.337 e. The Morgan fingerprint density at radius 3 is 2.76 bits per heavy atom. The van der Waals surface area contributed by atoms with E-state index in [1.807, 2.05) is 6.92 Å². The predicted octanol–water partition coefficient (Wildman–Crippen LogP) is -0.289. The first-order valence-electron chi connectivity index (χ1n) is 5.65. The summed E-state index contributed by atoms with van der Waals surface area (Å²) in [4.78, 5) is 4.10. The van der Waals surface area contributed by atoms with Crippen molar-refractivity contribution in [3.05, 3.63) is 12.0 Å². The van der Waals surface area contributed by atoms with Crippen LogP contribution in [0.1, 0.15) is 12.7 Å². The number of piperazine rings is 1. The van der Waals surface area contributed by atoms with E-state index >= 15 is 0 Å². The second-order valence-electron chi connectivity index (χ2n) is 4.41. The number of nitrogens with zero attached hydrogens (tertiary/aromatic N) is 3. The van der Waals surface area contributed by atoms with Crippen molar-refractivity contribution in [2.75, 3.05) is 19.6 Å². The highest BCUT2D eigenvalue weighted by atomic mass is 32.2. The summed E-state index contributed by atoms with van der Waals surface area (Å²) in [7, 11) is -1.66. The molecule has 0 aliphatic carbocycles. The lowest BCUT2D eigenvalue weighted by molar-refractivity contribution is 0.283. The smallest absolute Gasteiger partial charge is 0.262 e. The van der Waals surface area contributed by atoms with Crippen LogP contribution < -0.4 is 5.32 Å². The van der Waals surface area contributed by atoms with E-state index in [4.69, 9.17) is 0 Å². The number of rotatable bonds is 2. The second-order valence-corrected chi connectivity index (χ2v) is 6.24. The molecule has 0 aromatic carbocycles. The Hall–Kier alpha value is -0.920. The minimum Gasteiger partial charge on any atom is -0.337 e. The van der Waals surface area contributed by atoms with Crippen LogP contribution in [0, 0.1) is 6.92 Å². The summed E-state index contributed by atoms with van der Waals surface area (Å²) < 4.78 is 28.0. The fourth-order valence-corrected chi connectivity index (χ4v) is 3.61. The number of hydrogen-bond acceptors (Lipinski definition) is 4. The van der Waals surface area contributed by atoms with E-state index in [2.05, 4.69) is 10.3 Å². The van der Waals surface area contributed by atoms with Gasteiger partial charge in [0.1, 0.15) is 5.82 Å². The van der Waals surface area contributed by atoms with Crippen molar-refractivity contribution in [1.82, 2.24) is 19.2 Å². The number of sulfonamides is 1. The monoisotopic (exact) mass is 258 g/mol. The lowest BCUT2D eigenvalue weighted by Crippen LogP contribution is -2.52. The van der Waals surface area contributed by atoms with E-state index in [1.54, 1.807) is 24.7 Å². The summed E-state index contributed by atoms with van der Waals surface area (Å²) >= 11 is 0. The first-order chi connectivity index (χ1) is 7.93. The number of aromatic nitrogens is 2. The van der Waals surface area contributed by atoms with Crippen LogP contribution in [-0.4, -0.2) is 48.0 Å². The first kappa shape index (κ1) is 12.5. The molecule has 0 bridgehead atoms. The predicted molar refractivity (Wildman–Crippen MR) is 64.2 cm³/mol. The Bertz CT molecular complexity index is 489. The van der Waals surface area contributed by atoms with Crippen molar-refractivity contribution >= 4 is 10.0 Å². The molecule has 0 unspecified atom stereocenters. The van der Waals surface area contributed by atoms with Crippen LogP contribution in [0.5, 0.6) is 0 Å². The van der Waals surface area contributed by atoms with Crippen LogP contribution in [0.25, 0.3) is 0 Å². The van der Waals surface area contributed by atoms with Gasteiger partial charge in [-0.3, -0.25) is 0 Å². The fraction of sp³-hybridized carbons (Fsp3) is 0.700. The molecule has 1 aromatic heterocycles. The van der Waals surface area contributed by atoms with Crippen molar-refractivity contribution < 1.29 is 8.42 Å². The number of nitrogens with one attached hydrogen (secondary N) is 1. The van der Waals surface area contributed by atoms with E-state index in [1.165, 1.54) is 4.31 Å². The molecule has 0 amide bonds. The van der Waals surface area contributed by atoms with Gasteiger partial charge < -0.3 is 9.88 Å². The highest BCUT2D eigenvalue weighted by Crippen LogP contribution is 2.18. The Balaban J connectivity index is 2.35. The summed E-state index contributed by atoms with van der Waals surface area (Å²) in [5, 5.41) is 3.32. The van der Waals surface area contributed by atoms with Gasteiger partial charge in [0.2, 0.25) is 0 Å². The number of imidazole rings is 1. The summed E-state index contributed by atoms with van der Waals surface area (Å²) in [5.41, 5.74) is 0. The van der Waals surface area contributed by atoms with E-state index < -0.39 is 10.0 Å². The van der Waals surface area contributed by atoms with Crippen LogP contribution in [0.15, 0.2) is 11.2 Å². The average Bonchev–Trinajstić information content (AvgIpc) is 2.60. The van der Waals surface area contributed by atoms with Crippen molar-refractivity contribution in [3.63, 3.8) is 0 Å². The molecule has 17 heavy (non-hydrogen) atoms. The third-order valence-electron chi connectivity index (χ3n) is 3.10. The molecule has 0 spiro atoms. The zero-order chi connectivity index (χ0) is 12.6. The van der Waals surface area contributed by atoms with Crippen molar-refractivity contribution in [3.8, 4) is 0 Å². The molecule has 0 saturated carbocycles. The molecule has 1 N–H and O–H groups in total. The quantitative estimate of drug-likeness (QED) is 0.791. The van der Waals surface area contributed by atoms with Gasteiger partial charge in [0, 0.05) is 38.9 Å². The fourth-order valence-electron chi connectivity index (χ4n) is 1.95. The molecule has 2 heterocycles. The molecule has 1 aromatic rings. The van der Waals surface area contributed by atoms with Gasteiger partial charge in [-0.2, -0.15) is 4.31 Å². The molecule has 0 radical (unpaired) electrons. The molecule has 2 rings (SSSR count). The van der Waals surface area contributed by atoms with E-state index in [9.17, 15) is 8.42 Å². The van der Waals surface area contributed by atoms with E-state index in [0.717, 1.165) is 0 Å². The van der Waals surface area contributed by atoms with Crippen LogP contribution in [0.4, 0.5) is 0 Å². The molecule has 1 saturated heterocycles. The average molecular weight is 258 g/mol. The van der Waals surface area contributed by atoms with E-state index in [0.29, 0.717) is 25.5 Å².